The molecule has 5 nitrogen and oxygen atoms in total. The zero-order valence-electron chi connectivity index (χ0n) is 13.1. The summed E-state index contributed by atoms with van der Waals surface area (Å²) in [7, 11) is -3.59. The van der Waals surface area contributed by atoms with Gasteiger partial charge in [-0.1, -0.05) is 6.07 Å². The highest BCUT2D eigenvalue weighted by Crippen LogP contribution is 2.36. The third-order valence-corrected chi connectivity index (χ3v) is 6.30. The van der Waals surface area contributed by atoms with Gasteiger partial charge in [0.2, 0.25) is 0 Å². The van der Waals surface area contributed by atoms with Crippen LogP contribution in [-0.2, 0) is 22.9 Å². The summed E-state index contributed by atoms with van der Waals surface area (Å²) in [5.74, 6) is 0.784. The molecule has 2 aromatic rings. The molecular formula is C17H19ClN2O3S. The van der Waals surface area contributed by atoms with Crippen LogP contribution in [0.15, 0.2) is 41.3 Å². The summed E-state index contributed by atoms with van der Waals surface area (Å²) < 4.78 is 33.2. The Bertz CT molecular complexity index is 883. The fraction of sp³-hybridized carbons (Fsp3) is 0.294. The van der Waals surface area contributed by atoms with Gasteiger partial charge in [0.25, 0.3) is 10.0 Å². The Hall–Kier alpha value is -1.92. The minimum atomic E-state index is -3.59. The van der Waals surface area contributed by atoms with E-state index in [1.54, 1.807) is 24.3 Å². The van der Waals surface area contributed by atoms with E-state index in [0.29, 0.717) is 29.4 Å². The van der Waals surface area contributed by atoms with E-state index in [-0.39, 0.29) is 12.4 Å². The van der Waals surface area contributed by atoms with Gasteiger partial charge >= 0.3 is 0 Å². The molecular weight excluding hydrogens is 348 g/mol. The van der Waals surface area contributed by atoms with Gasteiger partial charge in [-0.25, -0.2) is 8.42 Å². The minimum Gasteiger partial charge on any atom is -0.493 e. The second-order valence-corrected chi connectivity index (χ2v) is 7.76. The smallest absolute Gasteiger partial charge is 0.264 e. The fourth-order valence-electron chi connectivity index (χ4n) is 3.32. The predicted octanol–water partition coefficient (Wildman–Crippen LogP) is 2.77. The van der Waals surface area contributed by atoms with Crippen molar-refractivity contribution in [3.63, 3.8) is 0 Å². The van der Waals surface area contributed by atoms with Gasteiger partial charge in [-0.05, 0) is 54.3 Å². The molecule has 0 fully saturated rings. The number of nitrogens with two attached hydrogens (primary N) is 1. The second-order valence-electron chi connectivity index (χ2n) is 5.89. The van der Waals surface area contributed by atoms with Crippen LogP contribution in [0, 0.1) is 0 Å². The molecule has 0 saturated heterocycles. The number of anilines is 2. The Morgan fingerprint density at radius 2 is 1.96 bits per heavy atom. The van der Waals surface area contributed by atoms with Crippen molar-refractivity contribution in [2.24, 2.45) is 0 Å². The third kappa shape index (κ3) is 2.59. The molecule has 0 aliphatic carbocycles. The summed E-state index contributed by atoms with van der Waals surface area (Å²) in [5.41, 5.74) is 9.26. The lowest BCUT2D eigenvalue weighted by molar-refractivity contribution is 0.356. The molecule has 2 aromatic carbocycles. The maximum absolute atomic E-state index is 13.1. The first-order chi connectivity index (χ1) is 11.1. The van der Waals surface area contributed by atoms with Gasteiger partial charge in [0.05, 0.1) is 17.2 Å². The van der Waals surface area contributed by atoms with E-state index in [2.05, 4.69) is 0 Å². The number of nitrogens with zero attached hydrogens (tertiary/aromatic N) is 1. The summed E-state index contributed by atoms with van der Waals surface area (Å²) in [6, 6.07) is 10.6. The number of halogens is 1. The van der Waals surface area contributed by atoms with Crippen LogP contribution in [0.5, 0.6) is 5.75 Å². The molecule has 2 aliphatic heterocycles. The largest absolute Gasteiger partial charge is 0.493 e. The van der Waals surface area contributed by atoms with Gasteiger partial charge in [-0.2, -0.15) is 0 Å². The highest BCUT2D eigenvalue weighted by Gasteiger charge is 2.30. The van der Waals surface area contributed by atoms with Gasteiger partial charge in [-0.3, -0.25) is 4.31 Å². The van der Waals surface area contributed by atoms with Crippen molar-refractivity contribution in [2.75, 3.05) is 23.2 Å². The van der Waals surface area contributed by atoms with Crippen molar-refractivity contribution in [1.82, 2.24) is 0 Å². The molecule has 24 heavy (non-hydrogen) atoms. The number of fused-ring (bicyclic) bond motifs is 2. The lowest BCUT2D eigenvalue weighted by atomic mass is 10.0. The Morgan fingerprint density at radius 3 is 2.79 bits per heavy atom. The monoisotopic (exact) mass is 366 g/mol. The molecule has 0 unspecified atom stereocenters. The Balaban J connectivity index is 0.00000169. The van der Waals surface area contributed by atoms with E-state index >= 15 is 0 Å². The second kappa shape index (κ2) is 6.18. The topological polar surface area (TPSA) is 72.6 Å². The van der Waals surface area contributed by atoms with Crippen LogP contribution in [0.2, 0.25) is 0 Å². The first-order valence-electron chi connectivity index (χ1n) is 7.73. The predicted molar refractivity (Wildman–Crippen MR) is 96.6 cm³/mol. The van der Waals surface area contributed by atoms with E-state index in [4.69, 9.17) is 10.5 Å². The maximum atomic E-state index is 13.1. The molecule has 7 heteroatoms. The lowest BCUT2D eigenvalue weighted by Gasteiger charge is -2.31. The third-order valence-electron chi connectivity index (χ3n) is 4.49. The van der Waals surface area contributed by atoms with Crippen LogP contribution < -0.4 is 14.8 Å². The van der Waals surface area contributed by atoms with E-state index in [9.17, 15) is 8.42 Å². The Morgan fingerprint density at radius 1 is 1.12 bits per heavy atom. The van der Waals surface area contributed by atoms with Crippen molar-refractivity contribution in [3.8, 4) is 5.75 Å². The van der Waals surface area contributed by atoms with Crippen LogP contribution in [0.4, 0.5) is 11.4 Å². The zero-order valence-corrected chi connectivity index (χ0v) is 14.7. The van der Waals surface area contributed by atoms with Crippen molar-refractivity contribution >= 4 is 33.8 Å². The number of nitrogen functional groups attached to an aromatic ring is 1. The van der Waals surface area contributed by atoms with Crippen LogP contribution in [0.1, 0.15) is 17.5 Å². The van der Waals surface area contributed by atoms with Crippen LogP contribution in [0.3, 0.4) is 0 Å². The molecule has 2 heterocycles. The molecule has 0 amide bonds. The van der Waals surface area contributed by atoms with Crippen molar-refractivity contribution in [3.05, 3.63) is 47.5 Å². The van der Waals surface area contributed by atoms with E-state index in [0.717, 1.165) is 36.1 Å². The lowest BCUT2D eigenvalue weighted by Crippen LogP contribution is -2.35. The average molecular weight is 367 g/mol. The molecule has 0 aromatic heterocycles. The number of sulfonamides is 1. The standard InChI is InChI=1S/C17H18N2O3S.ClH/c18-15-4-1-5-16-14(15)3-2-9-19(16)23(20,21)13-6-7-17-12(11-13)8-10-22-17;/h1,4-7,11H,2-3,8-10,18H2;1H. The van der Waals surface area contributed by atoms with E-state index in [1.165, 1.54) is 4.31 Å². The molecule has 0 spiro atoms. The molecule has 0 radical (unpaired) electrons. The molecule has 4 rings (SSSR count). The minimum absolute atomic E-state index is 0. The van der Waals surface area contributed by atoms with Crippen molar-refractivity contribution in [1.29, 1.82) is 0 Å². The van der Waals surface area contributed by atoms with E-state index in [1.807, 2.05) is 12.1 Å². The summed E-state index contributed by atoms with van der Waals surface area (Å²) in [4.78, 5) is 0.317. The number of benzene rings is 2. The van der Waals surface area contributed by atoms with Gasteiger partial charge in [-0.15, -0.1) is 12.4 Å². The molecule has 128 valence electrons. The van der Waals surface area contributed by atoms with Crippen molar-refractivity contribution < 1.29 is 13.2 Å². The first-order valence-corrected chi connectivity index (χ1v) is 9.17. The van der Waals surface area contributed by atoms with Gasteiger partial charge in [0, 0.05) is 18.7 Å². The molecule has 2 N–H and O–H groups in total. The highest BCUT2D eigenvalue weighted by atomic mass is 35.5. The van der Waals surface area contributed by atoms with Gasteiger partial charge in [0.15, 0.2) is 0 Å². The molecule has 2 aliphatic rings. The molecule has 0 bridgehead atoms. The van der Waals surface area contributed by atoms with Crippen LogP contribution in [-0.4, -0.2) is 21.6 Å². The number of ether oxygens (including phenoxy) is 1. The molecule has 0 atom stereocenters. The van der Waals surface area contributed by atoms with Gasteiger partial charge in [0.1, 0.15) is 5.75 Å². The first kappa shape index (κ1) is 16.9. The zero-order chi connectivity index (χ0) is 16.0. The quantitative estimate of drug-likeness (QED) is 0.829. The Kier molecular flexibility index (Phi) is 4.36. The normalized spacial score (nSPS) is 15.9. The van der Waals surface area contributed by atoms with E-state index < -0.39 is 10.0 Å². The summed E-state index contributed by atoms with van der Waals surface area (Å²) in [5, 5.41) is 0. The SMILES string of the molecule is Cl.Nc1cccc2c1CCCN2S(=O)(=O)c1ccc2c(c1)CCO2. The average Bonchev–Trinajstić information content (AvgIpc) is 3.02. The number of hydrogen-bond acceptors (Lipinski definition) is 4. The van der Waals surface area contributed by atoms with Gasteiger partial charge < -0.3 is 10.5 Å². The Labute approximate surface area is 147 Å². The summed E-state index contributed by atoms with van der Waals surface area (Å²) in [6.45, 7) is 1.09. The fourth-order valence-corrected chi connectivity index (χ4v) is 4.90. The highest BCUT2D eigenvalue weighted by molar-refractivity contribution is 7.92. The number of hydrogen-bond donors (Lipinski definition) is 1. The summed E-state index contributed by atoms with van der Waals surface area (Å²) >= 11 is 0. The maximum Gasteiger partial charge on any atom is 0.264 e. The number of rotatable bonds is 2. The van der Waals surface area contributed by atoms with Crippen molar-refractivity contribution in [2.45, 2.75) is 24.2 Å². The molecule has 0 saturated carbocycles. The van der Waals surface area contributed by atoms with Crippen LogP contribution >= 0.6 is 12.4 Å². The van der Waals surface area contributed by atoms with Crippen LogP contribution in [0.25, 0.3) is 0 Å². The summed E-state index contributed by atoms with van der Waals surface area (Å²) in [6.07, 6.45) is 2.34.